The third-order valence-corrected chi connectivity index (χ3v) is 4.79. The molecule has 0 aromatic heterocycles. The van der Waals surface area contributed by atoms with E-state index in [9.17, 15) is 32.5 Å². The molecule has 0 aliphatic rings. The van der Waals surface area contributed by atoms with Gasteiger partial charge >= 0.3 is 5.97 Å². The molecule has 2 rings (SSSR count). The number of benzene rings is 2. The van der Waals surface area contributed by atoms with Gasteiger partial charge in [-0.2, -0.15) is 0 Å². The van der Waals surface area contributed by atoms with Crippen LogP contribution < -0.4 is 5.32 Å². The van der Waals surface area contributed by atoms with Crippen molar-refractivity contribution in [1.82, 2.24) is 0 Å². The number of esters is 1. The van der Waals surface area contributed by atoms with Gasteiger partial charge in [-0.25, -0.2) is 17.6 Å². The zero-order valence-electron chi connectivity index (χ0n) is 14.1. The van der Waals surface area contributed by atoms with Gasteiger partial charge in [0.2, 0.25) is 0 Å². The maximum Gasteiger partial charge on any atom is 0.340 e. The highest BCUT2D eigenvalue weighted by Crippen LogP contribution is 2.22. The molecule has 0 saturated carbocycles. The van der Waals surface area contributed by atoms with Crippen molar-refractivity contribution in [3.63, 3.8) is 0 Å². The first-order chi connectivity index (χ1) is 13.0. The Kier molecular flexibility index (Phi) is 6.31. The van der Waals surface area contributed by atoms with E-state index >= 15 is 0 Å². The number of carbonyl (C=O) groups excluding carboxylic acids is 2. The summed E-state index contributed by atoms with van der Waals surface area (Å²) in [6.45, 7) is -0.861. The van der Waals surface area contributed by atoms with Gasteiger partial charge in [-0.15, -0.1) is 0 Å². The number of amides is 1. The normalized spacial score (nSPS) is 11.0. The fraction of sp³-hybridized carbons (Fsp3) is 0.125. The Morgan fingerprint density at radius 1 is 1.25 bits per heavy atom. The molecule has 0 fully saturated rings. The maximum absolute atomic E-state index is 13.6. The summed E-state index contributed by atoms with van der Waals surface area (Å²) in [5.74, 6) is -2.97. The van der Waals surface area contributed by atoms with Crippen molar-refractivity contribution in [3.8, 4) is 0 Å². The molecule has 28 heavy (non-hydrogen) atoms. The van der Waals surface area contributed by atoms with E-state index in [1.165, 1.54) is 12.1 Å². The molecular weight excluding hydrogens is 419 g/mol. The molecule has 0 aliphatic heterocycles. The fourth-order valence-corrected chi connectivity index (χ4v) is 2.85. The van der Waals surface area contributed by atoms with Crippen LogP contribution in [0.3, 0.4) is 0 Å². The van der Waals surface area contributed by atoms with Gasteiger partial charge in [0, 0.05) is 18.4 Å². The molecule has 0 radical (unpaired) electrons. The quantitative estimate of drug-likeness (QED) is 0.423. The Morgan fingerprint density at radius 3 is 2.54 bits per heavy atom. The second-order valence-corrected chi connectivity index (χ2v) is 7.88. The van der Waals surface area contributed by atoms with Crippen molar-refractivity contribution in [2.24, 2.45) is 0 Å². The lowest BCUT2D eigenvalue weighted by Crippen LogP contribution is -2.21. The first-order valence-corrected chi connectivity index (χ1v) is 9.66. The first kappa shape index (κ1) is 21.3. The van der Waals surface area contributed by atoms with Crippen LogP contribution in [-0.4, -0.2) is 38.1 Å². The van der Waals surface area contributed by atoms with Crippen LogP contribution in [0, 0.1) is 15.9 Å². The van der Waals surface area contributed by atoms with Gasteiger partial charge in [0.05, 0.1) is 26.1 Å². The number of rotatable bonds is 6. The number of sulfone groups is 1. The molecule has 0 aliphatic carbocycles. The molecule has 148 valence electrons. The lowest BCUT2D eigenvalue weighted by atomic mass is 10.2. The number of halogens is 2. The van der Waals surface area contributed by atoms with Gasteiger partial charge in [-0.05, 0) is 24.3 Å². The van der Waals surface area contributed by atoms with E-state index < -0.39 is 50.4 Å². The second-order valence-electron chi connectivity index (χ2n) is 5.46. The number of carbonyl (C=O) groups is 2. The predicted molar refractivity (Wildman–Crippen MR) is 96.5 cm³/mol. The van der Waals surface area contributed by atoms with E-state index in [1.54, 1.807) is 0 Å². The first-order valence-electron chi connectivity index (χ1n) is 7.39. The van der Waals surface area contributed by atoms with E-state index in [0.717, 1.165) is 30.5 Å². The van der Waals surface area contributed by atoms with Crippen molar-refractivity contribution in [1.29, 1.82) is 0 Å². The van der Waals surface area contributed by atoms with Gasteiger partial charge in [0.15, 0.2) is 16.4 Å². The molecule has 9 nitrogen and oxygen atoms in total. The molecule has 0 bridgehead atoms. The SMILES string of the molecule is CS(=O)(=O)c1ccc(Cl)c(C(=O)OCC(=O)Nc2cc([N+](=O)[O-])ccc2F)c1. The molecule has 0 saturated heterocycles. The van der Waals surface area contributed by atoms with Crippen LogP contribution in [0.5, 0.6) is 0 Å². The van der Waals surface area contributed by atoms with Gasteiger partial charge in [-0.3, -0.25) is 14.9 Å². The van der Waals surface area contributed by atoms with Crippen LogP contribution >= 0.6 is 11.6 Å². The molecule has 12 heteroatoms. The van der Waals surface area contributed by atoms with E-state index in [0.29, 0.717) is 0 Å². The minimum Gasteiger partial charge on any atom is -0.452 e. The number of nitro groups is 1. The average Bonchev–Trinajstić information content (AvgIpc) is 2.60. The minimum absolute atomic E-state index is 0.0949. The number of anilines is 1. The minimum atomic E-state index is -3.61. The molecule has 0 atom stereocenters. The Hall–Kier alpha value is -3.05. The van der Waals surface area contributed by atoms with Gasteiger partial charge in [0.1, 0.15) is 5.82 Å². The van der Waals surface area contributed by atoms with E-state index in [2.05, 4.69) is 0 Å². The summed E-state index contributed by atoms with van der Waals surface area (Å²) in [5.41, 5.74) is -1.19. The Balaban J connectivity index is 2.09. The highest BCUT2D eigenvalue weighted by atomic mass is 35.5. The summed E-state index contributed by atoms with van der Waals surface area (Å²) in [7, 11) is -3.61. The van der Waals surface area contributed by atoms with Crippen LogP contribution in [-0.2, 0) is 19.4 Å². The van der Waals surface area contributed by atoms with Crippen molar-refractivity contribution < 1.29 is 32.1 Å². The third kappa shape index (κ3) is 5.24. The van der Waals surface area contributed by atoms with Crippen LogP contribution in [0.15, 0.2) is 41.3 Å². The standard InChI is InChI=1S/C16H12ClFN2O7S/c1-28(25,26)10-3-4-12(17)11(7-10)16(22)27-8-15(21)19-14-6-9(20(23)24)2-5-13(14)18/h2-7H,8H2,1H3,(H,19,21). The fourth-order valence-electron chi connectivity index (χ4n) is 2.01. The average molecular weight is 431 g/mol. The maximum atomic E-state index is 13.6. The van der Waals surface area contributed by atoms with Crippen LogP contribution in [0.4, 0.5) is 15.8 Å². The number of nitro benzene ring substituents is 1. The zero-order chi connectivity index (χ0) is 21.1. The Bertz CT molecular complexity index is 1070. The smallest absolute Gasteiger partial charge is 0.340 e. The topological polar surface area (TPSA) is 133 Å². The lowest BCUT2D eigenvalue weighted by molar-refractivity contribution is -0.384. The van der Waals surface area contributed by atoms with Gasteiger partial charge < -0.3 is 10.1 Å². The number of hydrogen-bond donors (Lipinski definition) is 1. The van der Waals surface area contributed by atoms with Crippen molar-refractivity contribution in [3.05, 3.63) is 62.9 Å². The molecule has 1 amide bonds. The van der Waals surface area contributed by atoms with E-state index in [1.807, 2.05) is 5.32 Å². The highest BCUT2D eigenvalue weighted by Gasteiger charge is 2.19. The number of non-ortho nitro benzene ring substituents is 1. The van der Waals surface area contributed by atoms with Crippen molar-refractivity contribution in [2.45, 2.75) is 4.90 Å². The summed E-state index contributed by atoms with van der Waals surface area (Å²) >= 11 is 5.84. The Labute approximate surface area is 163 Å². The molecule has 0 spiro atoms. The van der Waals surface area contributed by atoms with Crippen molar-refractivity contribution in [2.75, 3.05) is 18.2 Å². The summed E-state index contributed by atoms with van der Waals surface area (Å²) < 4.78 is 41.5. The molecule has 2 aromatic rings. The highest BCUT2D eigenvalue weighted by molar-refractivity contribution is 7.90. The molecule has 0 unspecified atom stereocenters. The second kappa shape index (κ2) is 8.31. The molecule has 1 N–H and O–H groups in total. The summed E-state index contributed by atoms with van der Waals surface area (Å²) in [6, 6.07) is 5.91. The molecular formula is C16H12ClFN2O7S. The Morgan fingerprint density at radius 2 is 1.93 bits per heavy atom. The summed E-state index contributed by atoms with van der Waals surface area (Å²) in [6.07, 6.45) is 0.937. The van der Waals surface area contributed by atoms with E-state index in [-0.39, 0.29) is 15.5 Å². The summed E-state index contributed by atoms with van der Waals surface area (Å²) in [4.78, 5) is 33.7. The lowest BCUT2D eigenvalue weighted by Gasteiger charge is -2.09. The van der Waals surface area contributed by atoms with E-state index in [4.69, 9.17) is 16.3 Å². The molecule has 0 heterocycles. The summed E-state index contributed by atoms with van der Waals surface area (Å²) in [5, 5.41) is 12.6. The number of nitrogens with one attached hydrogen (secondary N) is 1. The predicted octanol–water partition coefficient (Wildman–Crippen LogP) is 2.59. The van der Waals surface area contributed by atoms with Crippen LogP contribution in [0.2, 0.25) is 5.02 Å². The number of ether oxygens (including phenoxy) is 1. The molecule has 2 aromatic carbocycles. The number of nitrogens with zero attached hydrogens (tertiary/aromatic N) is 1. The van der Waals surface area contributed by atoms with Crippen molar-refractivity contribution >= 4 is 44.7 Å². The zero-order valence-corrected chi connectivity index (χ0v) is 15.7. The van der Waals surface area contributed by atoms with Gasteiger partial charge in [0.25, 0.3) is 11.6 Å². The largest absolute Gasteiger partial charge is 0.452 e. The monoisotopic (exact) mass is 430 g/mol. The van der Waals surface area contributed by atoms with Crippen LogP contribution in [0.25, 0.3) is 0 Å². The van der Waals surface area contributed by atoms with Crippen LogP contribution in [0.1, 0.15) is 10.4 Å². The van der Waals surface area contributed by atoms with Gasteiger partial charge in [-0.1, -0.05) is 11.6 Å². The third-order valence-electron chi connectivity index (χ3n) is 3.36. The number of hydrogen-bond acceptors (Lipinski definition) is 7.